The topological polar surface area (TPSA) is 105 Å². The molecule has 3 N–H and O–H groups in total. The summed E-state index contributed by atoms with van der Waals surface area (Å²) in [6.45, 7) is 17.4. The van der Waals surface area contributed by atoms with Crippen molar-refractivity contribution in [1.82, 2.24) is 10.6 Å². The van der Waals surface area contributed by atoms with Gasteiger partial charge in [-0.2, -0.15) is 12.6 Å². The molecule has 0 bridgehead atoms. The van der Waals surface area contributed by atoms with Gasteiger partial charge in [-0.1, -0.05) is 27.7 Å². The van der Waals surface area contributed by atoms with Crippen molar-refractivity contribution in [2.24, 2.45) is 16.7 Å². The summed E-state index contributed by atoms with van der Waals surface area (Å²) in [5, 5.41) is 15.2. The van der Waals surface area contributed by atoms with Gasteiger partial charge in [0.2, 0.25) is 11.8 Å². The second kappa shape index (κ2) is 11.5. The Labute approximate surface area is 193 Å². The van der Waals surface area contributed by atoms with Gasteiger partial charge in [0, 0.05) is 24.8 Å². The van der Waals surface area contributed by atoms with E-state index in [1.165, 1.54) is 0 Å². The van der Waals surface area contributed by atoms with E-state index in [1.807, 2.05) is 27.7 Å². The predicted octanol–water partition coefficient (Wildman–Crippen LogP) is 4.01. The Morgan fingerprint density at radius 1 is 0.968 bits per heavy atom. The summed E-state index contributed by atoms with van der Waals surface area (Å²) < 4.78 is 5.98. The fraction of sp³-hybridized carbons (Fsp3) is 0.870. The van der Waals surface area contributed by atoms with Crippen molar-refractivity contribution in [3.05, 3.63) is 0 Å². The Morgan fingerprint density at radius 3 is 2.00 bits per heavy atom. The standard InChI is InChI=1S/C23H44N2O5S/c1-16(2)14-17(26)24-12-10-22(7,8)30-13-11-23(9,31)25-18(27)20(3,4)15-21(5,6)19(28)29/h16,31H,10-15H2,1-9H3,(H,24,26)(H,25,27)(H,28,29). The van der Waals surface area contributed by atoms with E-state index in [1.54, 1.807) is 34.6 Å². The summed E-state index contributed by atoms with van der Waals surface area (Å²) in [4.78, 5) is 35.2. The van der Waals surface area contributed by atoms with Crippen LogP contribution < -0.4 is 10.6 Å². The van der Waals surface area contributed by atoms with Gasteiger partial charge in [0.05, 0.1) is 22.5 Å². The van der Waals surface area contributed by atoms with E-state index >= 15 is 0 Å². The minimum Gasteiger partial charge on any atom is -0.481 e. The molecule has 2 amide bonds. The number of rotatable bonds is 14. The van der Waals surface area contributed by atoms with E-state index < -0.39 is 27.3 Å². The van der Waals surface area contributed by atoms with E-state index in [0.29, 0.717) is 38.3 Å². The molecular formula is C23H44N2O5S. The molecule has 1 unspecified atom stereocenters. The molecule has 0 saturated heterocycles. The molecule has 0 aliphatic rings. The summed E-state index contributed by atoms with van der Waals surface area (Å²) >= 11 is 4.58. The van der Waals surface area contributed by atoms with Gasteiger partial charge >= 0.3 is 5.97 Å². The Bertz CT molecular complexity index is 627. The average Bonchev–Trinajstić information content (AvgIpc) is 2.51. The van der Waals surface area contributed by atoms with Crippen LogP contribution >= 0.6 is 12.6 Å². The molecule has 0 saturated carbocycles. The lowest BCUT2D eigenvalue weighted by Gasteiger charge is -2.35. The van der Waals surface area contributed by atoms with E-state index in [9.17, 15) is 19.5 Å². The van der Waals surface area contributed by atoms with Crippen LogP contribution in [0.15, 0.2) is 0 Å². The third-order valence-electron chi connectivity index (χ3n) is 5.18. The molecule has 1 atom stereocenters. The molecule has 0 spiro atoms. The van der Waals surface area contributed by atoms with Gasteiger partial charge in [-0.05, 0) is 53.4 Å². The largest absolute Gasteiger partial charge is 0.481 e. The molecule has 0 aromatic heterocycles. The van der Waals surface area contributed by atoms with Crippen molar-refractivity contribution >= 4 is 30.4 Å². The van der Waals surface area contributed by atoms with Crippen molar-refractivity contribution in [1.29, 1.82) is 0 Å². The number of carboxylic acid groups (broad SMARTS) is 1. The van der Waals surface area contributed by atoms with Crippen LogP contribution in [-0.2, 0) is 19.1 Å². The van der Waals surface area contributed by atoms with Gasteiger partial charge in [0.1, 0.15) is 0 Å². The Balaban J connectivity index is 4.58. The second-order valence-corrected chi connectivity index (χ2v) is 12.0. The number of aliphatic carboxylic acids is 1. The quantitative estimate of drug-likeness (QED) is 0.232. The molecule has 0 radical (unpaired) electrons. The molecule has 31 heavy (non-hydrogen) atoms. The van der Waals surface area contributed by atoms with Crippen LogP contribution in [0.4, 0.5) is 0 Å². The summed E-state index contributed by atoms with van der Waals surface area (Å²) in [5.74, 6) is -0.803. The maximum atomic E-state index is 12.8. The molecule has 0 aliphatic carbocycles. The highest BCUT2D eigenvalue weighted by molar-refractivity contribution is 7.81. The summed E-state index contributed by atoms with van der Waals surface area (Å²) in [6, 6.07) is 0. The van der Waals surface area contributed by atoms with E-state index in [4.69, 9.17) is 4.74 Å². The minimum atomic E-state index is -1.01. The Hall–Kier alpha value is -1.28. The second-order valence-electron chi connectivity index (χ2n) is 11.0. The first-order valence-corrected chi connectivity index (χ1v) is 11.4. The number of ether oxygens (including phenoxy) is 1. The van der Waals surface area contributed by atoms with E-state index in [-0.39, 0.29) is 18.2 Å². The molecule has 0 heterocycles. The number of carbonyl (C=O) groups excluding carboxylic acids is 2. The number of amides is 2. The minimum absolute atomic E-state index is 0.0464. The number of nitrogens with one attached hydrogen (secondary N) is 2. The van der Waals surface area contributed by atoms with Crippen molar-refractivity contribution < 1.29 is 24.2 Å². The summed E-state index contributed by atoms with van der Waals surface area (Å²) in [7, 11) is 0. The third-order valence-corrected chi connectivity index (χ3v) is 5.52. The van der Waals surface area contributed by atoms with Crippen molar-refractivity contribution in [2.75, 3.05) is 13.2 Å². The molecule has 7 nitrogen and oxygen atoms in total. The van der Waals surface area contributed by atoms with Crippen LogP contribution in [0.2, 0.25) is 0 Å². The highest BCUT2D eigenvalue weighted by Gasteiger charge is 2.40. The summed E-state index contributed by atoms with van der Waals surface area (Å²) in [5.41, 5.74) is -2.30. The number of thiol groups is 1. The highest BCUT2D eigenvalue weighted by atomic mass is 32.1. The number of hydrogen-bond acceptors (Lipinski definition) is 5. The highest BCUT2D eigenvalue weighted by Crippen LogP contribution is 2.35. The third kappa shape index (κ3) is 12.4. The molecule has 0 aromatic rings. The lowest BCUT2D eigenvalue weighted by Crippen LogP contribution is -2.49. The van der Waals surface area contributed by atoms with Crippen LogP contribution in [0.1, 0.15) is 88.0 Å². The van der Waals surface area contributed by atoms with Crippen LogP contribution in [0.25, 0.3) is 0 Å². The molecule has 0 aromatic carbocycles. The fourth-order valence-electron chi connectivity index (χ4n) is 3.28. The maximum Gasteiger partial charge on any atom is 0.309 e. The van der Waals surface area contributed by atoms with Gasteiger partial charge in [0.25, 0.3) is 0 Å². The predicted molar refractivity (Wildman–Crippen MR) is 127 cm³/mol. The van der Waals surface area contributed by atoms with Gasteiger partial charge in [-0.15, -0.1) is 0 Å². The van der Waals surface area contributed by atoms with Gasteiger partial charge in [-0.25, -0.2) is 0 Å². The molecular weight excluding hydrogens is 416 g/mol. The monoisotopic (exact) mass is 460 g/mol. The van der Waals surface area contributed by atoms with Crippen LogP contribution in [0, 0.1) is 16.7 Å². The fourth-order valence-corrected chi connectivity index (χ4v) is 3.47. The zero-order valence-corrected chi connectivity index (χ0v) is 21.7. The number of carbonyl (C=O) groups is 3. The van der Waals surface area contributed by atoms with E-state index in [2.05, 4.69) is 23.3 Å². The molecule has 0 fully saturated rings. The SMILES string of the molecule is CC(C)CC(=O)NCCC(C)(C)OCCC(C)(S)NC(=O)C(C)(C)CC(C)(C)C(=O)O. The normalized spacial score (nSPS) is 14.8. The molecule has 8 heteroatoms. The van der Waals surface area contributed by atoms with Gasteiger partial charge in [-0.3, -0.25) is 14.4 Å². The first-order valence-electron chi connectivity index (χ1n) is 11.0. The average molecular weight is 461 g/mol. The van der Waals surface area contributed by atoms with Gasteiger partial charge in [0.15, 0.2) is 0 Å². The van der Waals surface area contributed by atoms with E-state index in [0.717, 1.165) is 0 Å². The van der Waals surface area contributed by atoms with Crippen molar-refractivity contribution in [3.63, 3.8) is 0 Å². The maximum absolute atomic E-state index is 12.8. The number of carboxylic acids is 1. The van der Waals surface area contributed by atoms with Crippen LogP contribution in [0.5, 0.6) is 0 Å². The van der Waals surface area contributed by atoms with Gasteiger partial charge < -0.3 is 20.5 Å². The first-order chi connectivity index (χ1) is 13.8. The zero-order chi connectivity index (χ0) is 24.7. The lowest BCUT2D eigenvalue weighted by atomic mass is 9.74. The molecule has 0 aliphatic heterocycles. The first kappa shape index (κ1) is 29.7. The van der Waals surface area contributed by atoms with Crippen molar-refractivity contribution in [3.8, 4) is 0 Å². The molecule has 0 rings (SSSR count). The number of hydrogen-bond donors (Lipinski definition) is 4. The Kier molecular flexibility index (Phi) is 11.1. The molecule has 182 valence electrons. The summed E-state index contributed by atoms with van der Waals surface area (Å²) in [6.07, 6.45) is 1.86. The smallest absolute Gasteiger partial charge is 0.309 e. The van der Waals surface area contributed by atoms with Crippen LogP contribution in [0.3, 0.4) is 0 Å². The van der Waals surface area contributed by atoms with Crippen LogP contribution in [-0.4, -0.2) is 46.5 Å². The zero-order valence-electron chi connectivity index (χ0n) is 20.8. The van der Waals surface area contributed by atoms with Crippen molar-refractivity contribution in [2.45, 2.75) is 98.5 Å². The lowest BCUT2D eigenvalue weighted by molar-refractivity contribution is -0.150. The Morgan fingerprint density at radius 2 is 1.52 bits per heavy atom.